The molecule has 24 heavy (non-hydrogen) atoms. The number of nitrogens with zero attached hydrogens (tertiary/aromatic N) is 2. The fourth-order valence-electron chi connectivity index (χ4n) is 2.14. The summed E-state index contributed by atoms with van der Waals surface area (Å²) in [5.74, 6) is -0.651. The first-order valence-corrected chi connectivity index (χ1v) is 9.46. The molecule has 0 aliphatic heterocycles. The van der Waals surface area contributed by atoms with Crippen LogP contribution in [0.5, 0.6) is 0 Å². The van der Waals surface area contributed by atoms with Crippen LogP contribution in [0.4, 0.5) is 0 Å². The molecule has 9 heteroatoms. The van der Waals surface area contributed by atoms with E-state index < -0.39 is 12.0 Å². The molecule has 0 aromatic carbocycles. The van der Waals surface area contributed by atoms with Crippen LogP contribution in [0.3, 0.4) is 0 Å². The van der Waals surface area contributed by atoms with Crippen LogP contribution in [-0.4, -0.2) is 38.2 Å². The minimum absolute atomic E-state index is 0.118. The number of aromatic nitrogens is 2. The van der Waals surface area contributed by atoms with Gasteiger partial charge >= 0.3 is 5.97 Å². The Morgan fingerprint density at radius 3 is 2.88 bits per heavy atom. The summed E-state index contributed by atoms with van der Waals surface area (Å²) in [6.45, 7) is 3.81. The standard InChI is InChI=1S/C15H19N3O4S2/c1-9(2)5-11(14(21)22)17-12(19)8-23-7-10-6-13(20)18-3-4-24-15(18)16-10/h3-4,6,9,11H,5,7-8H2,1-2H3,(H,17,19)(H,21,22). The lowest BCUT2D eigenvalue weighted by Gasteiger charge is -2.16. The van der Waals surface area contributed by atoms with E-state index in [0.717, 1.165) is 0 Å². The number of hydrogen-bond acceptors (Lipinski definition) is 6. The van der Waals surface area contributed by atoms with Crippen LogP contribution in [0.1, 0.15) is 26.0 Å². The van der Waals surface area contributed by atoms with Crippen molar-refractivity contribution in [3.63, 3.8) is 0 Å². The number of amides is 1. The predicted molar refractivity (Wildman–Crippen MR) is 94.5 cm³/mol. The Morgan fingerprint density at radius 2 is 2.21 bits per heavy atom. The number of thiazole rings is 1. The van der Waals surface area contributed by atoms with Gasteiger partial charge in [0.2, 0.25) is 5.91 Å². The zero-order valence-electron chi connectivity index (χ0n) is 13.4. The fraction of sp³-hybridized carbons (Fsp3) is 0.467. The second kappa shape index (κ2) is 8.29. The number of carbonyl (C=O) groups excluding carboxylic acids is 1. The van der Waals surface area contributed by atoms with Crippen molar-refractivity contribution in [1.82, 2.24) is 14.7 Å². The Balaban J connectivity index is 1.87. The molecule has 0 saturated carbocycles. The molecule has 0 saturated heterocycles. The van der Waals surface area contributed by atoms with E-state index in [4.69, 9.17) is 5.11 Å². The molecule has 1 amide bonds. The maximum Gasteiger partial charge on any atom is 0.326 e. The van der Waals surface area contributed by atoms with Gasteiger partial charge in [0.05, 0.1) is 11.4 Å². The van der Waals surface area contributed by atoms with Gasteiger partial charge < -0.3 is 10.4 Å². The average molecular weight is 369 g/mol. The van der Waals surface area contributed by atoms with Gasteiger partial charge in [-0.3, -0.25) is 14.0 Å². The predicted octanol–water partition coefficient (Wildman–Crippen LogP) is 1.60. The van der Waals surface area contributed by atoms with Gasteiger partial charge in [-0.15, -0.1) is 23.1 Å². The maximum absolute atomic E-state index is 11.9. The molecular formula is C15H19N3O4S2. The molecule has 0 aliphatic rings. The maximum atomic E-state index is 11.9. The van der Waals surface area contributed by atoms with E-state index in [2.05, 4.69) is 10.3 Å². The Kier molecular flexibility index (Phi) is 6.38. The van der Waals surface area contributed by atoms with Gasteiger partial charge in [0.1, 0.15) is 6.04 Å². The number of fused-ring (bicyclic) bond motifs is 1. The van der Waals surface area contributed by atoms with Gasteiger partial charge in [0, 0.05) is 23.4 Å². The van der Waals surface area contributed by atoms with Crippen LogP contribution in [-0.2, 0) is 15.3 Å². The van der Waals surface area contributed by atoms with Gasteiger partial charge in [0.15, 0.2) is 4.96 Å². The van der Waals surface area contributed by atoms with Crippen LogP contribution in [0.25, 0.3) is 4.96 Å². The van der Waals surface area contributed by atoms with E-state index in [1.807, 2.05) is 13.8 Å². The molecule has 1 unspecified atom stereocenters. The summed E-state index contributed by atoms with van der Waals surface area (Å²) in [5.41, 5.74) is 0.460. The summed E-state index contributed by atoms with van der Waals surface area (Å²) in [6, 6.07) is 0.576. The number of aliphatic carboxylic acids is 1. The molecule has 2 N–H and O–H groups in total. The number of carboxylic acids is 1. The monoisotopic (exact) mass is 369 g/mol. The van der Waals surface area contributed by atoms with Crippen molar-refractivity contribution in [3.8, 4) is 0 Å². The van der Waals surface area contributed by atoms with E-state index in [9.17, 15) is 14.4 Å². The number of rotatable bonds is 8. The number of nitrogens with one attached hydrogen (secondary N) is 1. The minimum Gasteiger partial charge on any atom is -0.480 e. The van der Waals surface area contributed by atoms with Crippen molar-refractivity contribution < 1.29 is 14.7 Å². The minimum atomic E-state index is -1.03. The third-order valence-electron chi connectivity index (χ3n) is 3.18. The molecule has 130 valence electrons. The third kappa shape index (κ3) is 5.07. The Hall–Kier alpha value is -1.87. The van der Waals surface area contributed by atoms with E-state index in [-0.39, 0.29) is 23.1 Å². The lowest BCUT2D eigenvalue weighted by atomic mass is 10.0. The van der Waals surface area contributed by atoms with E-state index in [1.54, 1.807) is 11.6 Å². The van der Waals surface area contributed by atoms with Crippen LogP contribution in [0.2, 0.25) is 0 Å². The van der Waals surface area contributed by atoms with Crippen molar-refractivity contribution in [3.05, 3.63) is 33.7 Å². The lowest BCUT2D eigenvalue weighted by molar-refractivity contribution is -0.141. The first kappa shape index (κ1) is 18.5. The van der Waals surface area contributed by atoms with Crippen LogP contribution in [0, 0.1) is 5.92 Å². The number of thioether (sulfide) groups is 1. The topological polar surface area (TPSA) is 101 Å². The first-order chi connectivity index (χ1) is 11.4. The van der Waals surface area contributed by atoms with Crippen molar-refractivity contribution >= 4 is 39.9 Å². The molecule has 0 spiro atoms. The molecular weight excluding hydrogens is 350 g/mol. The van der Waals surface area contributed by atoms with Gasteiger partial charge in [0.25, 0.3) is 5.56 Å². The van der Waals surface area contributed by atoms with Crippen LogP contribution in [0.15, 0.2) is 22.4 Å². The fourth-order valence-corrected chi connectivity index (χ4v) is 3.61. The van der Waals surface area contributed by atoms with Gasteiger partial charge in [-0.1, -0.05) is 13.8 Å². The van der Waals surface area contributed by atoms with Crippen molar-refractivity contribution in [2.24, 2.45) is 5.92 Å². The van der Waals surface area contributed by atoms with Crippen molar-refractivity contribution in [2.45, 2.75) is 32.1 Å². The van der Waals surface area contributed by atoms with Gasteiger partial charge in [-0.2, -0.15) is 0 Å². The largest absolute Gasteiger partial charge is 0.480 e. The summed E-state index contributed by atoms with van der Waals surface area (Å²) >= 11 is 2.67. The molecule has 2 aromatic rings. The molecule has 0 aliphatic carbocycles. The quantitative estimate of drug-likeness (QED) is 0.733. The number of hydrogen-bond donors (Lipinski definition) is 2. The SMILES string of the molecule is CC(C)CC(NC(=O)CSCc1cc(=O)n2ccsc2n1)C(=O)O. The molecule has 2 heterocycles. The Bertz CT molecular complexity index is 784. The van der Waals surface area contributed by atoms with E-state index >= 15 is 0 Å². The summed E-state index contributed by atoms with van der Waals surface area (Å²) in [4.78, 5) is 39.9. The Labute approximate surface area is 147 Å². The van der Waals surface area contributed by atoms with E-state index in [1.165, 1.54) is 33.6 Å². The second-order valence-electron chi connectivity index (χ2n) is 5.72. The summed E-state index contributed by atoms with van der Waals surface area (Å²) in [5, 5.41) is 13.4. The normalized spacial score (nSPS) is 12.5. The van der Waals surface area contributed by atoms with Gasteiger partial charge in [-0.25, -0.2) is 9.78 Å². The second-order valence-corrected chi connectivity index (χ2v) is 7.58. The molecule has 0 fully saturated rings. The summed E-state index contributed by atoms with van der Waals surface area (Å²) < 4.78 is 1.47. The molecule has 7 nitrogen and oxygen atoms in total. The highest BCUT2D eigenvalue weighted by molar-refractivity contribution is 7.99. The van der Waals surface area contributed by atoms with Crippen molar-refractivity contribution in [1.29, 1.82) is 0 Å². The highest BCUT2D eigenvalue weighted by Crippen LogP contribution is 2.12. The Morgan fingerprint density at radius 1 is 1.46 bits per heavy atom. The first-order valence-electron chi connectivity index (χ1n) is 7.42. The number of carbonyl (C=O) groups is 2. The smallest absolute Gasteiger partial charge is 0.326 e. The average Bonchev–Trinajstić information content (AvgIpc) is 2.95. The van der Waals surface area contributed by atoms with Crippen LogP contribution >= 0.6 is 23.1 Å². The lowest BCUT2D eigenvalue weighted by Crippen LogP contribution is -2.42. The summed E-state index contributed by atoms with van der Waals surface area (Å²) in [6.07, 6.45) is 2.06. The summed E-state index contributed by atoms with van der Waals surface area (Å²) in [7, 11) is 0. The third-order valence-corrected chi connectivity index (χ3v) is 4.90. The van der Waals surface area contributed by atoms with Gasteiger partial charge in [-0.05, 0) is 12.3 Å². The van der Waals surface area contributed by atoms with Crippen LogP contribution < -0.4 is 10.9 Å². The highest BCUT2D eigenvalue weighted by Gasteiger charge is 2.20. The highest BCUT2D eigenvalue weighted by atomic mass is 32.2. The number of carboxylic acid groups (broad SMARTS) is 1. The van der Waals surface area contributed by atoms with E-state index in [0.29, 0.717) is 22.8 Å². The zero-order valence-corrected chi connectivity index (χ0v) is 15.0. The van der Waals surface area contributed by atoms with Crippen molar-refractivity contribution in [2.75, 3.05) is 5.75 Å². The molecule has 2 rings (SSSR count). The molecule has 1 atom stereocenters. The molecule has 2 aromatic heterocycles. The molecule has 0 radical (unpaired) electrons. The molecule has 0 bridgehead atoms. The zero-order chi connectivity index (χ0) is 17.7.